The van der Waals surface area contributed by atoms with Gasteiger partial charge < -0.3 is 11.1 Å². The van der Waals surface area contributed by atoms with Gasteiger partial charge in [0.25, 0.3) is 0 Å². The lowest BCUT2D eigenvalue weighted by Gasteiger charge is -2.17. The zero-order valence-corrected chi connectivity index (χ0v) is 9.11. The van der Waals surface area contributed by atoms with Crippen LogP contribution in [0.25, 0.3) is 0 Å². The molecule has 1 fully saturated rings. The lowest BCUT2D eigenvalue weighted by atomic mass is 10.0. The summed E-state index contributed by atoms with van der Waals surface area (Å²) in [6, 6.07) is 0.225. The Morgan fingerprint density at radius 1 is 1.47 bits per heavy atom. The Bertz CT molecular complexity index is 258. The molecule has 0 spiro atoms. The molecule has 2 aliphatic carbocycles. The zero-order chi connectivity index (χ0) is 10.7. The Balaban J connectivity index is 1.72. The van der Waals surface area contributed by atoms with E-state index in [1.807, 2.05) is 0 Å². The van der Waals surface area contributed by atoms with E-state index in [4.69, 9.17) is 5.73 Å². The quantitative estimate of drug-likeness (QED) is 0.667. The molecule has 3 nitrogen and oxygen atoms in total. The van der Waals surface area contributed by atoms with Crippen molar-refractivity contribution >= 4 is 5.91 Å². The zero-order valence-electron chi connectivity index (χ0n) is 9.11. The number of carbonyl (C=O) groups is 1. The van der Waals surface area contributed by atoms with Crippen molar-refractivity contribution in [1.29, 1.82) is 0 Å². The third-order valence-electron chi connectivity index (χ3n) is 3.35. The summed E-state index contributed by atoms with van der Waals surface area (Å²) in [5, 5.41) is 3.06. The SMILES string of the molecule is NCC(NC(=O)CC1C=CCC1)C1CC1. The fraction of sp³-hybridized carbons (Fsp3) is 0.750. The van der Waals surface area contributed by atoms with Gasteiger partial charge in [-0.25, -0.2) is 0 Å². The second kappa shape index (κ2) is 4.79. The standard InChI is InChI=1S/C12H20N2O/c13-8-11(10-5-6-10)14-12(15)7-9-3-1-2-4-9/h1,3,9-11H,2,4-8,13H2,(H,14,15). The molecule has 2 aliphatic rings. The predicted octanol–water partition coefficient (Wildman–Crippen LogP) is 1.20. The van der Waals surface area contributed by atoms with E-state index in [-0.39, 0.29) is 11.9 Å². The summed E-state index contributed by atoms with van der Waals surface area (Å²) in [6.07, 6.45) is 9.68. The van der Waals surface area contributed by atoms with E-state index in [2.05, 4.69) is 17.5 Å². The van der Waals surface area contributed by atoms with Crippen LogP contribution < -0.4 is 11.1 Å². The molecule has 0 heterocycles. The molecule has 0 aromatic heterocycles. The smallest absolute Gasteiger partial charge is 0.220 e. The molecule has 0 radical (unpaired) electrons. The van der Waals surface area contributed by atoms with Gasteiger partial charge in [0.15, 0.2) is 0 Å². The summed E-state index contributed by atoms with van der Waals surface area (Å²) in [4.78, 5) is 11.7. The van der Waals surface area contributed by atoms with Gasteiger partial charge in [-0.3, -0.25) is 4.79 Å². The van der Waals surface area contributed by atoms with Gasteiger partial charge >= 0.3 is 0 Å². The summed E-state index contributed by atoms with van der Waals surface area (Å²) in [6.45, 7) is 0.580. The van der Waals surface area contributed by atoms with E-state index < -0.39 is 0 Å². The molecular weight excluding hydrogens is 188 g/mol. The molecule has 0 aromatic rings. The highest BCUT2D eigenvalue weighted by molar-refractivity contribution is 5.76. The molecule has 15 heavy (non-hydrogen) atoms. The van der Waals surface area contributed by atoms with E-state index in [0.717, 1.165) is 12.8 Å². The Labute approximate surface area is 91.1 Å². The van der Waals surface area contributed by atoms with Gasteiger partial charge in [0.2, 0.25) is 5.91 Å². The molecule has 1 amide bonds. The maximum atomic E-state index is 11.7. The number of hydrogen-bond acceptors (Lipinski definition) is 2. The van der Waals surface area contributed by atoms with Crippen LogP contribution in [0.1, 0.15) is 32.1 Å². The van der Waals surface area contributed by atoms with Crippen molar-refractivity contribution in [1.82, 2.24) is 5.32 Å². The first kappa shape index (κ1) is 10.7. The lowest BCUT2D eigenvalue weighted by Crippen LogP contribution is -2.42. The van der Waals surface area contributed by atoms with E-state index in [1.165, 1.54) is 12.8 Å². The number of carbonyl (C=O) groups excluding carboxylic acids is 1. The molecule has 0 saturated heterocycles. The first-order chi connectivity index (χ1) is 7.29. The maximum Gasteiger partial charge on any atom is 0.220 e. The molecule has 0 bridgehead atoms. The van der Waals surface area contributed by atoms with Gasteiger partial charge in [0.1, 0.15) is 0 Å². The van der Waals surface area contributed by atoms with E-state index in [9.17, 15) is 4.79 Å². The topological polar surface area (TPSA) is 55.1 Å². The Morgan fingerprint density at radius 3 is 2.80 bits per heavy atom. The predicted molar refractivity (Wildman–Crippen MR) is 60.2 cm³/mol. The molecule has 2 unspecified atom stereocenters. The highest BCUT2D eigenvalue weighted by Crippen LogP contribution is 2.32. The van der Waals surface area contributed by atoms with Crippen LogP contribution in [-0.2, 0) is 4.79 Å². The summed E-state index contributed by atoms with van der Waals surface area (Å²) in [7, 11) is 0. The van der Waals surface area contributed by atoms with Crippen molar-refractivity contribution in [3.05, 3.63) is 12.2 Å². The van der Waals surface area contributed by atoms with Crippen molar-refractivity contribution in [2.75, 3.05) is 6.54 Å². The fourth-order valence-corrected chi connectivity index (χ4v) is 2.24. The highest BCUT2D eigenvalue weighted by Gasteiger charge is 2.31. The Kier molecular flexibility index (Phi) is 3.41. The maximum absolute atomic E-state index is 11.7. The molecule has 2 atom stereocenters. The average molecular weight is 208 g/mol. The number of allylic oxidation sites excluding steroid dienone is 2. The van der Waals surface area contributed by atoms with E-state index in [1.54, 1.807) is 0 Å². The van der Waals surface area contributed by atoms with Crippen LogP contribution in [0.4, 0.5) is 0 Å². The minimum absolute atomic E-state index is 0.175. The minimum Gasteiger partial charge on any atom is -0.352 e. The van der Waals surface area contributed by atoms with Crippen LogP contribution in [0.3, 0.4) is 0 Å². The fourth-order valence-electron chi connectivity index (χ4n) is 2.24. The summed E-state index contributed by atoms with van der Waals surface area (Å²) in [5.41, 5.74) is 5.64. The summed E-state index contributed by atoms with van der Waals surface area (Å²) >= 11 is 0. The number of amides is 1. The van der Waals surface area contributed by atoms with E-state index in [0.29, 0.717) is 24.8 Å². The van der Waals surface area contributed by atoms with Gasteiger partial charge in [-0.05, 0) is 37.5 Å². The highest BCUT2D eigenvalue weighted by atomic mass is 16.1. The molecule has 2 rings (SSSR count). The van der Waals surface area contributed by atoms with Crippen molar-refractivity contribution in [3.8, 4) is 0 Å². The molecule has 1 saturated carbocycles. The molecule has 3 N–H and O–H groups in total. The van der Waals surface area contributed by atoms with Crippen LogP contribution >= 0.6 is 0 Å². The Hall–Kier alpha value is -0.830. The second-order valence-electron chi connectivity index (χ2n) is 4.72. The van der Waals surface area contributed by atoms with Gasteiger partial charge in [-0.1, -0.05) is 12.2 Å². The van der Waals surface area contributed by atoms with E-state index >= 15 is 0 Å². The van der Waals surface area contributed by atoms with Crippen molar-refractivity contribution in [3.63, 3.8) is 0 Å². The first-order valence-corrected chi connectivity index (χ1v) is 5.95. The number of hydrogen-bond donors (Lipinski definition) is 2. The molecule has 0 aliphatic heterocycles. The number of nitrogens with two attached hydrogens (primary N) is 1. The number of rotatable bonds is 5. The lowest BCUT2D eigenvalue weighted by molar-refractivity contribution is -0.122. The molecule has 3 heteroatoms. The normalized spacial score (nSPS) is 26.6. The average Bonchev–Trinajstić information content (AvgIpc) is 2.95. The molecular formula is C12H20N2O. The summed E-state index contributed by atoms with van der Waals surface area (Å²) < 4.78 is 0. The molecule has 0 aromatic carbocycles. The van der Waals surface area contributed by atoms with Crippen molar-refractivity contribution in [2.24, 2.45) is 17.6 Å². The third-order valence-corrected chi connectivity index (χ3v) is 3.35. The van der Waals surface area contributed by atoms with Gasteiger partial charge in [-0.2, -0.15) is 0 Å². The summed E-state index contributed by atoms with van der Waals surface area (Å²) in [5.74, 6) is 1.29. The van der Waals surface area contributed by atoms with Crippen molar-refractivity contribution in [2.45, 2.75) is 38.1 Å². The van der Waals surface area contributed by atoms with Crippen molar-refractivity contribution < 1.29 is 4.79 Å². The third kappa shape index (κ3) is 3.06. The molecule has 84 valence electrons. The minimum atomic E-state index is 0.175. The number of nitrogens with one attached hydrogen (secondary N) is 1. The van der Waals surface area contributed by atoms with Gasteiger partial charge in [-0.15, -0.1) is 0 Å². The van der Waals surface area contributed by atoms with Gasteiger partial charge in [0, 0.05) is 19.0 Å². The van der Waals surface area contributed by atoms with Crippen LogP contribution in [0, 0.1) is 11.8 Å². The van der Waals surface area contributed by atoms with Gasteiger partial charge in [0.05, 0.1) is 0 Å². The second-order valence-corrected chi connectivity index (χ2v) is 4.72. The van der Waals surface area contributed by atoms with Crippen LogP contribution in [-0.4, -0.2) is 18.5 Å². The largest absolute Gasteiger partial charge is 0.352 e. The van der Waals surface area contributed by atoms with Crippen LogP contribution in [0.2, 0.25) is 0 Å². The van der Waals surface area contributed by atoms with Crippen LogP contribution in [0.5, 0.6) is 0 Å². The first-order valence-electron chi connectivity index (χ1n) is 5.95. The monoisotopic (exact) mass is 208 g/mol. The Morgan fingerprint density at radius 2 is 2.27 bits per heavy atom. The van der Waals surface area contributed by atoms with Crippen LogP contribution in [0.15, 0.2) is 12.2 Å².